The Labute approximate surface area is 111 Å². The lowest BCUT2D eigenvalue weighted by Gasteiger charge is -2.16. The number of ether oxygens (including phenoxy) is 1. The van der Waals surface area contributed by atoms with E-state index in [-0.39, 0.29) is 5.75 Å². The highest BCUT2D eigenvalue weighted by molar-refractivity contribution is 5.48. The highest BCUT2D eigenvalue weighted by atomic mass is 19.1. The molecule has 0 aliphatic rings. The number of nitrogens with zero attached hydrogens (tertiary/aromatic N) is 1. The summed E-state index contributed by atoms with van der Waals surface area (Å²) in [5, 5.41) is 0. The second-order valence-corrected chi connectivity index (χ2v) is 4.36. The van der Waals surface area contributed by atoms with Crippen molar-refractivity contribution < 1.29 is 9.13 Å². The minimum absolute atomic E-state index is 0.159. The van der Waals surface area contributed by atoms with Crippen LogP contribution in [0.5, 0.6) is 5.75 Å². The first-order valence-corrected chi connectivity index (χ1v) is 5.84. The van der Waals surface area contributed by atoms with Crippen LogP contribution in [0.1, 0.15) is 22.7 Å². The maximum Gasteiger partial charge on any atom is 0.165 e. The van der Waals surface area contributed by atoms with Crippen molar-refractivity contribution in [2.24, 2.45) is 5.73 Å². The van der Waals surface area contributed by atoms with Crippen molar-refractivity contribution in [2.75, 3.05) is 12.8 Å². The second-order valence-electron chi connectivity index (χ2n) is 4.36. The Bertz CT molecular complexity index is 601. The van der Waals surface area contributed by atoms with Crippen LogP contribution in [0.25, 0.3) is 0 Å². The first-order chi connectivity index (χ1) is 9.02. The molecule has 1 aromatic heterocycles. The van der Waals surface area contributed by atoms with Gasteiger partial charge in [-0.1, -0.05) is 6.07 Å². The van der Waals surface area contributed by atoms with Gasteiger partial charge in [-0.15, -0.1) is 0 Å². The Balaban J connectivity index is 2.43. The van der Waals surface area contributed by atoms with Crippen molar-refractivity contribution in [2.45, 2.75) is 13.0 Å². The van der Waals surface area contributed by atoms with Crippen LogP contribution in [-0.2, 0) is 0 Å². The molecule has 19 heavy (non-hydrogen) atoms. The van der Waals surface area contributed by atoms with Crippen LogP contribution >= 0.6 is 0 Å². The van der Waals surface area contributed by atoms with Gasteiger partial charge in [0.2, 0.25) is 0 Å². The fourth-order valence-electron chi connectivity index (χ4n) is 1.90. The molecular formula is C14H16FN3O. The average molecular weight is 261 g/mol. The summed E-state index contributed by atoms with van der Waals surface area (Å²) in [4.78, 5) is 4.08. The number of methoxy groups -OCH3 is 1. The van der Waals surface area contributed by atoms with Gasteiger partial charge in [0.15, 0.2) is 11.6 Å². The number of rotatable bonds is 3. The van der Waals surface area contributed by atoms with Crippen molar-refractivity contribution in [3.63, 3.8) is 0 Å². The van der Waals surface area contributed by atoms with Crippen molar-refractivity contribution in [1.82, 2.24) is 4.98 Å². The maximum atomic E-state index is 13.4. The van der Waals surface area contributed by atoms with Gasteiger partial charge >= 0.3 is 0 Å². The third kappa shape index (κ3) is 2.66. The summed E-state index contributed by atoms with van der Waals surface area (Å²) in [5.41, 5.74) is 14.4. The number of aromatic nitrogens is 1. The normalized spacial score (nSPS) is 12.2. The summed E-state index contributed by atoms with van der Waals surface area (Å²) in [6, 6.07) is 5.92. The van der Waals surface area contributed by atoms with E-state index in [2.05, 4.69) is 4.98 Å². The van der Waals surface area contributed by atoms with E-state index in [1.54, 1.807) is 18.3 Å². The molecular weight excluding hydrogens is 245 g/mol. The zero-order chi connectivity index (χ0) is 14.0. The van der Waals surface area contributed by atoms with Crippen LogP contribution in [-0.4, -0.2) is 12.1 Å². The van der Waals surface area contributed by atoms with Crippen LogP contribution in [0, 0.1) is 12.7 Å². The molecule has 2 aromatic rings. The molecule has 0 saturated heterocycles. The first kappa shape index (κ1) is 13.3. The summed E-state index contributed by atoms with van der Waals surface area (Å²) in [6.45, 7) is 1.91. The summed E-state index contributed by atoms with van der Waals surface area (Å²) in [6.07, 6.45) is 1.68. The van der Waals surface area contributed by atoms with Gasteiger partial charge in [-0.3, -0.25) is 0 Å². The smallest absolute Gasteiger partial charge is 0.165 e. The van der Waals surface area contributed by atoms with Gasteiger partial charge < -0.3 is 16.2 Å². The van der Waals surface area contributed by atoms with Crippen molar-refractivity contribution in [3.05, 3.63) is 53.0 Å². The van der Waals surface area contributed by atoms with Crippen LogP contribution in [0.4, 0.5) is 10.2 Å². The van der Waals surface area contributed by atoms with Crippen LogP contribution in [0.2, 0.25) is 0 Å². The number of hydrogen-bond acceptors (Lipinski definition) is 4. The highest BCUT2D eigenvalue weighted by Gasteiger charge is 2.15. The van der Waals surface area contributed by atoms with Crippen LogP contribution in [0.15, 0.2) is 30.5 Å². The Morgan fingerprint density at radius 3 is 2.74 bits per heavy atom. The number of benzene rings is 1. The lowest BCUT2D eigenvalue weighted by atomic mass is 9.99. The van der Waals surface area contributed by atoms with Gasteiger partial charge in [-0.25, -0.2) is 9.37 Å². The highest BCUT2D eigenvalue weighted by Crippen LogP contribution is 2.28. The van der Waals surface area contributed by atoms with Crippen LogP contribution in [0.3, 0.4) is 0 Å². The summed E-state index contributed by atoms with van der Waals surface area (Å²) in [5.74, 6) is 0.113. The van der Waals surface area contributed by atoms with E-state index in [1.807, 2.05) is 13.0 Å². The molecule has 100 valence electrons. The second kappa shape index (κ2) is 5.24. The third-order valence-corrected chi connectivity index (χ3v) is 2.96. The lowest BCUT2D eigenvalue weighted by Crippen LogP contribution is -2.15. The van der Waals surface area contributed by atoms with E-state index < -0.39 is 11.9 Å². The predicted octanol–water partition coefficient (Wildman–Crippen LogP) is 2.17. The molecule has 4 nitrogen and oxygen atoms in total. The Kier molecular flexibility index (Phi) is 3.66. The maximum absolute atomic E-state index is 13.4. The van der Waals surface area contributed by atoms with E-state index in [4.69, 9.17) is 16.2 Å². The van der Waals surface area contributed by atoms with Gasteiger partial charge in [0.05, 0.1) is 13.2 Å². The Morgan fingerprint density at radius 2 is 2.05 bits per heavy atom. The molecule has 0 bridgehead atoms. The molecule has 0 saturated carbocycles. The molecule has 0 aliphatic carbocycles. The molecule has 5 heteroatoms. The number of hydrogen-bond donors (Lipinski definition) is 2. The quantitative estimate of drug-likeness (QED) is 0.888. The molecule has 1 heterocycles. The van der Waals surface area contributed by atoms with Gasteiger partial charge in [-0.05, 0) is 36.2 Å². The minimum Gasteiger partial charge on any atom is -0.494 e. The molecule has 0 radical (unpaired) electrons. The van der Waals surface area contributed by atoms with E-state index in [0.29, 0.717) is 11.4 Å². The molecule has 1 unspecified atom stereocenters. The number of aryl methyl sites for hydroxylation is 1. The Morgan fingerprint density at radius 1 is 1.32 bits per heavy atom. The predicted molar refractivity (Wildman–Crippen MR) is 72.4 cm³/mol. The van der Waals surface area contributed by atoms with E-state index in [9.17, 15) is 4.39 Å². The molecule has 0 fully saturated rings. The molecule has 0 spiro atoms. The summed E-state index contributed by atoms with van der Waals surface area (Å²) < 4.78 is 18.3. The standard InChI is InChI=1S/C14H16FN3O/c1-8-5-10(14(17)18-7-8)13(16)9-3-4-11(15)12(6-9)19-2/h3-7,13H,16H2,1-2H3,(H2,17,18). The largest absolute Gasteiger partial charge is 0.494 e. The fraction of sp³-hybridized carbons (Fsp3) is 0.214. The third-order valence-electron chi connectivity index (χ3n) is 2.96. The number of nitrogen functional groups attached to an aromatic ring is 1. The number of nitrogens with two attached hydrogens (primary N) is 2. The molecule has 4 N–H and O–H groups in total. The Hall–Kier alpha value is -2.14. The first-order valence-electron chi connectivity index (χ1n) is 5.84. The molecule has 1 aromatic carbocycles. The van der Waals surface area contributed by atoms with Gasteiger partial charge in [0, 0.05) is 11.8 Å². The number of anilines is 1. The molecule has 0 aliphatic heterocycles. The molecule has 1 atom stereocenters. The number of halogens is 1. The number of pyridine rings is 1. The summed E-state index contributed by atoms with van der Waals surface area (Å²) in [7, 11) is 1.41. The zero-order valence-electron chi connectivity index (χ0n) is 10.9. The van der Waals surface area contributed by atoms with Gasteiger partial charge in [0.1, 0.15) is 5.82 Å². The summed E-state index contributed by atoms with van der Waals surface area (Å²) >= 11 is 0. The topological polar surface area (TPSA) is 74.2 Å². The monoisotopic (exact) mass is 261 g/mol. The van der Waals surface area contributed by atoms with Gasteiger partial charge in [-0.2, -0.15) is 0 Å². The van der Waals surface area contributed by atoms with E-state index >= 15 is 0 Å². The molecule has 2 rings (SSSR count). The fourth-order valence-corrected chi connectivity index (χ4v) is 1.90. The molecule has 0 amide bonds. The zero-order valence-corrected chi connectivity index (χ0v) is 10.9. The van der Waals surface area contributed by atoms with Gasteiger partial charge in [0.25, 0.3) is 0 Å². The SMILES string of the molecule is COc1cc(C(N)c2cc(C)cnc2N)ccc1F. The minimum atomic E-state index is -0.470. The van der Waals surface area contributed by atoms with Crippen molar-refractivity contribution in [3.8, 4) is 5.75 Å². The van der Waals surface area contributed by atoms with E-state index in [1.165, 1.54) is 13.2 Å². The van der Waals surface area contributed by atoms with Crippen molar-refractivity contribution >= 4 is 5.82 Å². The van der Waals surface area contributed by atoms with Crippen LogP contribution < -0.4 is 16.2 Å². The average Bonchev–Trinajstić information content (AvgIpc) is 2.41. The van der Waals surface area contributed by atoms with Crippen molar-refractivity contribution in [1.29, 1.82) is 0 Å². The lowest BCUT2D eigenvalue weighted by molar-refractivity contribution is 0.385. The van der Waals surface area contributed by atoms with E-state index in [0.717, 1.165) is 11.1 Å².